The van der Waals surface area contributed by atoms with Crippen molar-refractivity contribution in [2.45, 2.75) is 51.3 Å². The number of aliphatic imine (C=N–C) groups is 1. The summed E-state index contributed by atoms with van der Waals surface area (Å²) in [6.07, 6.45) is 4.69. The Kier molecular flexibility index (Phi) is 7.13. The Hall–Kier alpha value is -1.43. The van der Waals surface area contributed by atoms with Crippen molar-refractivity contribution in [2.24, 2.45) is 12.0 Å². The number of amides is 1. The molecule has 1 aromatic heterocycles. The van der Waals surface area contributed by atoms with Crippen LogP contribution in [0, 0.1) is 6.92 Å². The molecule has 2 saturated heterocycles. The molecule has 1 amide bonds. The second kappa shape index (κ2) is 9.38. The van der Waals surface area contributed by atoms with Gasteiger partial charge in [-0.15, -0.1) is 34.2 Å². The molecule has 156 valence electrons. The molecular formula is C18H30IN7O2. The third-order valence-corrected chi connectivity index (χ3v) is 5.61. The highest BCUT2D eigenvalue weighted by molar-refractivity contribution is 14.0. The molecule has 1 atom stereocenters. The smallest absolute Gasteiger partial charge is 0.242 e. The monoisotopic (exact) mass is 503 g/mol. The summed E-state index contributed by atoms with van der Waals surface area (Å²) < 4.78 is 7.66. The van der Waals surface area contributed by atoms with Gasteiger partial charge in [0.2, 0.25) is 5.91 Å². The summed E-state index contributed by atoms with van der Waals surface area (Å²) in [4.78, 5) is 21.4. The summed E-state index contributed by atoms with van der Waals surface area (Å²) in [5.74, 6) is 2.63. The Bertz CT molecular complexity index is 713. The van der Waals surface area contributed by atoms with Gasteiger partial charge in [0.25, 0.3) is 0 Å². The van der Waals surface area contributed by atoms with Gasteiger partial charge in [-0.05, 0) is 32.6 Å². The highest BCUT2D eigenvalue weighted by atomic mass is 127. The minimum Gasteiger partial charge on any atom is -0.376 e. The molecule has 3 aliphatic rings. The predicted octanol–water partition coefficient (Wildman–Crippen LogP) is 0.673. The van der Waals surface area contributed by atoms with E-state index in [4.69, 9.17) is 9.73 Å². The normalized spacial score (nSPS) is 23.1. The van der Waals surface area contributed by atoms with Crippen molar-refractivity contribution in [3.8, 4) is 0 Å². The number of aromatic nitrogens is 3. The molecule has 1 aromatic rings. The standard InChI is InChI=1S/C18H29N7O2.HI/c1-13-21-22-16(23(13)2)11-20-18(19-10-15-4-3-9-27-15)24-7-8-25(14-5-6-14)17(26)12-24;/h14-15H,3-12H2,1-2H3,(H,19,20);1H. The lowest BCUT2D eigenvalue weighted by molar-refractivity contribution is -0.135. The van der Waals surface area contributed by atoms with E-state index >= 15 is 0 Å². The second-order valence-electron chi connectivity index (χ2n) is 7.62. The lowest BCUT2D eigenvalue weighted by Crippen LogP contribution is -2.56. The van der Waals surface area contributed by atoms with Gasteiger partial charge in [0, 0.05) is 39.3 Å². The maximum Gasteiger partial charge on any atom is 0.242 e. The highest BCUT2D eigenvalue weighted by Crippen LogP contribution is 2.28. The lowest BCUT2D eigenvalue weighted by Gasteiger charge is -2.36. The highest BCUT2D eigenvalue weighted by Gasteiger charge is 2.36. The number of halogens is 1. The van der Waals surface area contributed by atoms with Gasteiger partial charge in [0.05, 0.1) is 12.6 Å². The Balaban J connectivity index is 0.00000225. The molecule has 3 heterocycles. The summed E-state index contributed by atoms with van der Waals surface area (Å²) in [5, 5.41) is 11.7. The molecule has 4 rings (SSSR count). The molecule has 1 N–H and O–H groups in total. The van der Waals surface area contributed by atoms with Crippen molar-refractivity contribution >= 4 is 35.8 Å². The molecule has 1 aliphatic carbocycles. The van der Waals surface area contributed by atoms with E-state index in [0.717, 1.165) is 63.0 Å². The largest absolute Gasteiger partial charge is 0.376 e. The van der Waals surface area contributed by atoms with E-state index in [1.54, 1.807) is 0 Å². The van der Waals surface area contributed by atoms with Crippen molar-refractivity contribution in [3.05, 3.63) is 11.6 Å². The molecule has 28 heavy (non-hydrogen) atoms. The summed E-state index contributed by atoms with van der Waals surface area (Å²) in [6, 6.07) is 0.474. The Morgan fingerprint density at radius 1 is 1.29 bits per heavy atom. The van der Waals surface area contributed by atoms with Crippen LogP contribution >= 0.6 is 24.0 Å². The summed E-state index contributed by atoms with van der Waals surface area (Å²) in [5.41, 5.74) is 0. The van der Waals surface area contributed by atoms with Crippen LogP contribution < -0.4 is 5.32 Å². The molecular weight excluding hydrogens is 473 g/mol. The molecule has 2 aliphatic heterocycles. The van der Waals surface area contributed by atoms with Crippen molar-refractivity contribution < 1.29 is 9.53 Å². The van der Waals surface area contributed by atoms with Crippen LogP contribution in [0.15, 0.2) is 4.99 Å². The van der Waals surface area contributed by atoms with Crippen molar-refractivity contribution in [2.75, 3.05) is 32.8 Å². The Labute approximate surface area is 182 Å². The van der Waals surface area contributed by atoms with Crippen LogP contribution in [-0.4, -0.2) is 81.4 Å². The van der Waals surface area contributed by atoms with Gasteiger partial charge >= 0.3 is 0 Å². The SMILES string of the molecule is Cc1nnc(CN=C(NCC2CCCO2)N2CCN(C3CC3)C(=O)C2)n1C.I. The fourth-order valence-corrected chi connectivity index (χ4v) is 3.65. The van der Waals surface area contributed by atoms with Crippen LogP contribution in [0.3, 0.4) is 0 Å². The van der Waals surface area contributed by atoms with Gasteiger partial charge in [-0.2, -0.15) is 0 Å². The van der Waals surface area contributed by atoms with Gasteiger partial charge in [0.15, 0.2) is 11.8 Å². The number of carbonyl (C=O) groups excluding carboxylic acids is 1. The first-order valence-electron chi connectivity index (χ1n) is 9.91. The van der Waals surface area contributed by atoms with Crippen LogP contribution in [-0.2, 0) is 23.1 Å². The predicted molar refractivity (Wildman–Crippen MR) is 116 cm³/mol. The van der Waals surface area contributed by atoms with Gasteiger partial charge in [-0.25, -0.2) is 4.99 Å². The zero-order valence-corrected chi connectivity index (χ0v) is 19.0. The molecule has 0 spiro atoms. The van der Waals surface area contributed by atoms with E-state index in [1.165, 1.54) is 0 Å². The minimum atomic E-state index is 0. The first-order chi connectivity index (χ1) is 13.1. The van der Waals surface area contributed by atoms with E-state index in [0.29, 0.717) is 25.7 Å². The number of nitrogens with one attached hydrogen (secondary N) is 1. The van der Waals surface area contributed by atoms with Gasteiger partial charge < -0.3 is 24.4 Å². The zero-order valence-electron chi connectivity index (χ0n) is 16.6. The van der Waals surface area contributed by atoms with Crippen LogP contribution in [0.4, 0.5) is 0 Å². The molecule has 0 bridgehead atoms. The minimum absolute atomic E-state index is 0. The number of rotatable bonds is 5. The maximum atomic E-state index is 12.5. The number of nitrogens with zero attached hydrogens (tertiary/aromatic N) is 6. The number of aryl methyl sites for hydroxylation is 1. The van der Waals surface area contributed by atoms with E-state index < -0.39 is 0 Å². The number of guanidine groups is 1. The van der Waals surface area contributed by atoms with Crippen LogP contribution in [0.1, 0.15) is 37.3 Å². The van der Waals surface area contributed by atoms with Crippen molar-refractivity contribution in [3.63, 3.8) is 0 Å². The second-order valence-corrected chi connectivity index (χ2v) is 7.62. The van der Waals surface area contributed by atoms with Gasteiger partial charge in [0.1, 0.15) is 12.4 Å². The maximum absolute atomic E-state index is 12.5. The number of ether oxygens (including phenoxy) is 1. The van der Waals surface area contributed by atoms with E-state index in [2.05, 4.69) is 20.4 Å². The fourth-order valence-electron chi connectivity index (χ4n) is 3.65. The molecule has 10 heteroatoms. The molecule has 1 unspecified atom stereocenters. The molecule has 0 radical (unpaired) electrons. The molecule has 9 nitrogen and oxygen atoms in total. The van der Waals surface area contributed by atoms with Gasteiger partial charge in [-0.1, -0.05) is 0 Å². The summed E-state index contributed by atoms with van der Waals surface area (Å²) in [7, 11) is 1.94. The number of hydrogen-bond donors (Lipinski definition) is 1. The third-order valence-electron chi connectivity index (χ3n) is 5.61. The van der Waals surface area contributed by atoms with Crippen molar-refractivity contribution in [1.29, 1.82) is 0 Å². The fraction of sp³-hybridized carbons (Fsp3) is 0.778. The van der Waals surface area contributed by atoms with E-state index in [1.807, 2.05) is 23.4 Å². The quantitative estimate of drug-likeness (QED) is 0.361. The molecule has 1 saturated carbocycles. The summed E-state index contributed by atoms with van der Waals surface area (Å²) >= 11 is 0. The van der Waals surface area contributed by atoms with Gasteiger partial charge in [-0.3, -0.25) is 4.79 Å². The van der Waals surface area contributed by atoms with Crippen LogP contribution in [0.2, 0.25) is 0 Å². The van der Waals surface area contributed by atoms with Crippen LogP contribution in [0.25, 0.3) is 0 Å². The number of carbonyl (C=O) groups is 1. The Morgan fingerprint density at radius 3 is 2.71 bits per heavy atom. The number of piperazine rings is 1. The lowest BCUT2D eigenvalue weighted by atomic mass is 10.2. The van der Waals surface area contributed by atoms with E-state index in [9.17, 15) is 4.79 Å². The first-order valence-corrected chi connectivity index (χ1v) is 9.91. The Morgan fingerprint density at radius 2 is 2.11 bits per heavy atom. The average Bonchev–Trinajstić information content (AvgIpc) is 3.28. The molecule has 3 fully saturated rings. The molecule has 0 aromatic carbocycles. The van der Waals surface area contributed by atoms with Crippen LogP contribution in [0.5, 0.6) is 0 Å². The third kappa shape index (κ3) is 4.94. The topological polar surface area (TPSA) is 87.9 Å². The first kappa shape index (κ1) is 21.3. The average molecular weight is 503 g/mol. The summed E-state index contributed by atoms with van der Waals surface area (Å²) in [6.45, 7) is 5.86. The zero-order chi connectivity index (χ0) is 18.8. The van der Waals surface area contributed by atoms with Crippen molar-refractivity contribution in [1.82, 2.24) is 29.9 Å². The number of hydrogen-bond acceptors (Lipinski definition) is 5. The van der Waals surface area contributed by atoms with E-state index in [-0.39, 0.29) is 36.0 Å².